The number of amides is 1. The smallest absolute Gasteiger partial charge is 0.419 e. The Labute approximate surface area is 239 Å². The number of aliphatic carboxylic acids is 1. The van der Waals surface area contributed by atoms with Crippen LogP contribution >= 0.6 is 23.2 Å². The molecule has 41 heavy (non-hydrogen) atoms. The lowest BCUT2D eigenvalue weighted by Gasteiger charge is -2.19. The molecule has 0 saturated carbocycles. The molecule has 0 aliphatic heterocycles. The van der Waals surface area contributed by atoms with Gasteiger partial charge in [-0.15, -0.1) is 0 Å². The predicted molar refractivity (Wildman–Crippen MR) is 146 cm³/mol. The summed E-state index contributed by atoms with van der Waals surface area (Å²) in [6.45, 7) is 0. The molecule has 2 aromatic heterocycles. The van der Waals surface area contributed by atoms with E-state index in [1.165, 1.54) is 54.7 Å². The van der Waals surface area contributed by atoms with Gasteiger partial charge in [0.2, 0.25) is 0 Å². The fraction of sp³-hybridized carbons (Fsp3) is 0.103. The van der Waals surface area contributed by atoms with Gasteiger partial charge in [-0.25, -0.2) is 9.18 Å². The van der Waals surface area contributed by atoms with E-state index in [2.05, 4.69) is 15.3 Å². The summed E-state index contributed by atoms with van der Waals surface area (Å²) in [6.07, 6.45) is -2.99. The summed E-state index contributed by atoms with van der Waals surface area (Å²) in [4.78, 5) is 33.1. The zero-order valence-electron chi connectivity index (χ0n) is 20.6. The Bertz CT molecular complexity index is 1830. The summed E-state index contributed by atoms with van der Waals surface area (Å²) < 4.78 is 57.4. The molecule has 0 aliphatic rings. The van der Waals surface area contributed by atoms with Crippen molar-refractivity contribution in [3.63, 3.8) is 0 Å². The van der Waals surface area contributed by atoms with Gasteiger partial charge in [0, 0.05) is 29.0 Å². The molecule has 1 amide bonds. The second-order valence-corrected chi connectivity index (χ2v) is 9.87. The highest BCUT2D eigenvalue weighted by Gasteiger charge is 2.37. The van der Waals surface area contributed by atoms with Crippen molar-refractivity contribution in [1.29, 1.82) is 0 Å². The second-order valence-electron chi connectivity index (χ2n) is 9.05. The number of carboxylic acids is 1. The molecule has 0 aliphatic carbocycles. The van der Waals surface area contributed by atoms with Crippen LogP contribution in [0.3, 0.4) is 0 Å². The molecule has 2 N–H and O–H groups in total. The predicted octanol–water partition coefficient (Wildman–Crippen LogP) is 7.34. The molecule has 1 atom stereocenters. The molecule has 0 saturated heterocycles. The van der Waals surface area contributed by atoms with Crippen molar-refractivity contribution >= 4 is 56.8 Å². The summed E-state index contributed by atoms with van der Waals surface area (Å²) >= 11 is 12.1. The number of fused-ring (bicyclic) bond motifs is 2. The third-order valence-corrected chi connectivity index (χ3v) is 7.09. The SMILES string of the molecule is O=C(NC(Cc1ccc(-c2ncc3ccccc3c2C(F)(F)F)c2ncc(F)cc12)C(=O)O)c1c(Cl)cccc1Cl. The maximum absolute atomic E-state index is 14.4. The first-order chi connectivity index (χ1) is 19.5. The van der Waals surface area contributed by atoms with Crippen LogP contribution in [0.25, 0.3) is 32.9 Å². The topological polar surface area (TPSA) is 92.2 Å². The first-order valence-electron chi connectivity index (χ1n) is 12.0. The van der Waals surface area contributed by atoms with Crippen LogP contribution in [0, 0.1) is 5.82 Å². The average molecular weight is 602 g/mol. The van der Waals surface area contributed by atoms with E-state index in [0.29, 0.717) is 0 Å². The summed E-state index contributed by atoms with van der Waals surface area (Å²) in [7, 11) is 0. The van der Waals surface area contributed by atoms with Crippen LogP contribution in [-0.4, -0.2) is 33.0 Å². The minimum atomic E-state index is -4.78. The van der Waals surface area contributed by atoms with Gasteiger partial charge in [0.1, 0.15) is 11.9 Å². The van der Waals surface area contributed by atoms with Crippen molar-refractivity contribution in [3.8, 4) is 11.3 Å². The van der Waals surface area contributed by atoms with Crippen LogP contribution in [0.2, 0.25) is 10.0 Å². The standard InChI is InChI=1S/C29H17Cl2F4N3O3/c30-20-6-3-7-21(31)23(20)27(39)38-22(28(40)41)10-14-8-9-18(25-19(14)11-16(32)13-37-25)26-24(29(33,34)35)17-5-2-1-4-15(17)12-36-26/h1-9,11-13,22H,10H2,(H,38,39)(H,40,41). The van der Waals surface area contributed by atoms with E-state index in [9.17, 15) is 32.3 Å². The molecule has 5 rings (SSSR count). The van der Waals surface area contributed by atoms with Crippen molar-refractivity contribution < 1.29 is 32.3 Å². The lowest BCUT2D eigenvalue weighted by Crippen LogP contribution is -2.42. The molecule has 0 radical (unpaired) electrons. The van der Waals surface area contributed by atoms with Gasteiger partial charge in [-0.2, -0.15) is 13.2 Å². The number of pyridine rings is 2. The zero-order chi connectivity index (χ0) is 29.5. The monoisotopic (exact) mass is 601 g/mol. The van der Waals surface area contributed by atoms with Crippen LogP contribution in [0.5, 0.6) is 0 Å². The second kappa shape index (κ2) is 10.9. The van der Waals surface area contributed by atoms with Gasteiger partial charge < -0.3 is 10.4 Å². The summed E-state index contributed by atoms with van der Waals surface area (Å²) in [5.74, 6) is -3.07. The molecule has 208 valence electrons. The Morgan fingerprint density at radius 3 is 2.32 bits per heavy atom. The van der Waals surface area contributed by atoms with Gasteiger partial charge in [-0.3, -0.25) is 14.8 Å². The van der Waals surface area contributed by atoms with E-state index >= 15 is 0 Å². The van der Waals surface area contributed by atoms with Crippen LogP contribution in [0.1, 0.15) is 21.5 Å². The van der Waals surface area contributed by atoms with Gasteiger partial charge in [0.25, 0.3) is 5.91 Å². The van der Waals surface area contributed by atoms with Crippen molar-refractivity contribution in [2.45, 2.75) is 18.6 Å². The quantitative estimate of drug-likeness (QED) is 0.199. The maximum atomic E-state index is 14.4. The lowest BCUT2D eigenvalue weighted by atomic mass is 9.93. The van der Waals surface area contributed by atoms with E-state index < -0.39 is 41.2 Å². The molecule has 6 nitrogen and oxygen atoms in total. The Morgan fingerprint density at radius 2 is 1.63 bits per heavy atom. The molecule has 12 heteroatoms. The molecule has 1 unspecified atom stereocenters. The van der Waals surface area contributed by atoms with Crippen molar-refractivity contribution in [1.82, 2.24) is 15.3 Å². The number of nitrogens with zero attached hydrogens (tertiary/aromatic N) is 2. The van der Waals surface area contributed by atoms with E-state index in [1.54, 1.807) is 6.07 Å². The number of carbonyl (C=O) groups is 2. The first-order valence-corrected chi connectivity index (χ1v) is 12.7. The summed E-state index contributed by atoms with van der Waals surface area (Å²) in [5.41, 5.74) is -1.37. The highest BCUT2D eigenvalue weighted by atomic mass is 35.5. The fourth-order valence-corrected chi connectivity index (χ4v) is 5.21. The number of rotatable bonds is 6. The summed E-state index contributed by atoms with van der Waals surface area (Å²) in [6, 6.07) is 12.4. The first kappa shape index (κ1) is 28.3. The van der Waals surface area contributed by atoms with Gasteiger partial charge in [-0.1, -0.05) is 65.7 Å². The summed E-state index contributed by atoms with van der Waals surface area (Å²) in [5, 5.41) is 12.5. The van der Waals surface area contributed by atoms with Gasteiger partial charge >= 0.3 is 12.1 Å². The highest BCUT2D eigenvalue weighted by molar-refractivity contribution is 6.39. The van der Waals surface area contributed by atoms with Crippen LogP contribution in [0.4, 0.5) is 17.6 Å². The number of carboxylic acid groups (broad SMARTS) is 1. The number of halogens is 6. The zero-order valence-corrected chi connectivity index (χ0v) is 22.2. The molecule has 0 bridgehead atoms. The third kappa shape index (κ3) is 5.53. The number of hydrogen-bond donors (Lipinski definition) is 2. The molecule has 0 fully saturated rings. The maximum Gasteiger partial charge on any atom is 0.419 e. The van der Waals surface area contributed by atoms with E-state index in [1.807, 2.05) is 0 Å². The number of nitrogens with one attached hydrogen (secondary N) is 1. The molecular formula is C29H17Cl2F4N3O3. The lowest BCUT2D eigenvalue weighted by molar-refractivity contribution is -0.139. The molecule has 0 spiro atoms. The minimum absolute atomic E-state index is 0.00330. The van der Waals surface area contributed by atoms with E-state index in [-0.39, 0.29) is 54.8 Å². The Kier molecular flexibility index (Phi) is 7.54. The Balaban J connectivity index is 1.61. The number of benzene rings is 3. The number of hydrogen-bond acceptors (Lipinski definition) is 4. The van der Waals surface area contributed by atoms with Crippen LogP contribution in [-0.2, 0) is 17.4 Å². The van der Waals surface area contributed by atoms with Gasteiger partial charge in [0.05, 0.1) is 38.6 Å². The van der Waals surface area contributed by atoms with Gasteiger partial charge in [-0.05, 0) is 29.1 Å². The molecule has 3 aromatic carbocycles. The number of aromatic nitrogens is 2. The third-order valence-electron chi connectivity index (χ3n) is 6.46. The van der Waals surface area contributed by atoms with Crippen molar-refractivity contribution in [3.05, 3.63) is 106 Å². The van der Waals surface area contributed by atoms with E-state index in [0.717, 1.165) is 12.3 Å². The van der Waals surface area contributed by atoms with Crippen LogP contribution in [0.15, 0.2) is 73.1 Å². The van der Waals surface area contributed by atoms with E-state index in [4.69, 9.17) is 23.2 Å². The van der Waals surface area contributed by atoms with Crippen molar-refractivity contribution in [2.24, 2.45) is 0 Å². The Morgan fingerprint density at radius 1 is 0.927 bits per heavy atom. The molecular weight excluding hydrogens is 585 g/mol. The average Bonchev–Trinajstić information content (AvgIpc) is 2.91. The number of alkyl halides is 3. The normalized spacial score (nSPS) is 12.4. The number of carbonyl (C=O) groups excluding carboxylic acids is 1. The highest BCUT2D eigenvalue weighted by Crippen LogP contribution is 2.42. The van der Waals surface area contributed by atoms with Crippen molar-refractivity contribution in [2.75, 3.05) is 0 Å². The largest absolute Gasteiger partial charge is 0.480 e. The Hall–Kier alpha value is -4.28. The minimum Gasteiger partial charge on any atom is -0.480 e. The fourth-order valence-electron chi connectivity index (χ4n) is 4.64. The van der Waals surface area contributed by atoms with Gasteiger partial charge in [0.15, 0.2) is 0 Å². The molecule has 5 aromatic rings. The molecule has 2 heterocycles. The van der Waals surface area contributed by atoms with Crippen LogP contribution < -0.4 is 5.32 Å².